The van der Waals surface area contributed by atoms with Crippen LogP contribution >= 0.6 is 0 Å². The van der Waals surface area contributed by atoms with Crippen molar-refractivity contribution in [3.63, 3.8) is 0 Å². The van der Waals surface area contributed by atoms with Gasteiger partial charge in [0.1, 0.15) is 11.2 Å². The van der Waals surface area contributed by atoms with E-state index in [4.69, 9.17) is 9.47 Å². The van der Waals surface area contributed by atoms with Gasteiger partial charge in [-0.15, -0.1) is 0 Å². The Kier molecular flexibility index (Phi) is 3.80. The highest BCUT2D eigenvalue weighted by molar-refractivity contribution is 5.69. The summed E-state index contributed by atoms with van der Waals surface area (Å²) in [7, 11) is 0. The lowest BCUT2D eigenvalue weighted by molar-refractivity contribution is -0.181. The van der Waals surface area contributed by atoms with Crippen LogP contribution in [0.4, 0.5) is 4.79 Å². The van der Waals surface area contributed by atoms with Gasteiger partial charge in [0.25, 0.3) is 0 Å². The van der Waals surface area contributed by atoms with E-state index in [1.807, 2.05) is 20.8 Å². The highest BCUT2D eigenvalue weighted by Gasteiger charge is 2.54. The number of carbonyl (C=O) groups excluding carboxylic acids is 1. The average Bonchev–Trinajstić information content (AvgIpc) is 2.23. The summed E-state index contributed by atoms with van der Waals surface area (Å²) in [6.45, 7) is 12.9. The molecule has 2 heterocycles. The molecule has 1 spiro atoms. The fourth-order valence-electron chi connectivity index (χ4n) is 2.93. The first-order valence-electron chi connectivity index (χ1n) is 7.09. The predicted octanol–water partition coefficient (Wildman–Crippen LogP) is 1.62. The van der Waals surface area contributed by atoms with Crippen LogP contribution in [0, 0.1) is 5.92 Å². The van der Waals surface area contributed by atoms with Gasteiger partial charge in [-0.2, -0.15) is 0 Å². The quantitative estimate of drug-likeness (QED) is 0.786. The van der Waals surface area contributed by atoms with E-state index in [0.717, 1.165) is 6.54 Å². The maximum absolute atomic E-state index is 12.0. The Hall–Kier alpha value is -0.810. The first-order chi connectivity index (χ1) is 8.73. The van der Waals surface area contributed by atoms with Gasteiger partial charge >= 0.3 is 6.09 Å². The molecule has 5 heteroatoms. The number of nitrogens with one attached hydrogen (secondary N) is 1. The molecular weight excluding hydrogens is 244 g/mol. The molecule has 19 heavy (non-hydrogen) atoms. The van der Waals surface area contributed by atoms with Crippen LogP contribution in [0.1, 0.15) is 34.6 Å². The topological polar surface area (TPSA) is 50.8 Å². The predicted molar refractivity (Wildman–Crippen MR) is 73.1 cm³/mol. The van der Waals surface area contributed by atoms with E-state index in [-0.39, 0.29) is 11.7 Å². The van der Waals surface area contributed by atoms with Crippen LogP contribution in [0.5, 0.6) is 0 Å². The van der Waals surface area contributed by atoms with Gasteiger partial charge in [0.05, 0.1) is 19.7 Å². The fraction of sp³-hybridized carbons (Fsp3) is 0.929. The van der Waals surface area contributed by atoms with Crippen molar-refractivity contribution in [2.45, 2.75) is 51.9 Å². The zero-order valence-electron chi connectivity index (χ0n) is 12.7. The van der Waals surface area contributed by atoms with E-state index in [0.29, 0.717) is 31.7 Å². The zero-order chi connectivity index (χ0) is 14.3. The number of hydrogen-bond acceptors (Lipinski definition) is 4. The number of morpholine rings is 1. The molecule has 2 aliphatic rings. The van der Waals surface area contributed by atoms with E-state index in [1.54, 1.807) is 4.90 Å². The molecule has 0 aromatic carbocycles. The largest absolute Gasteiger partial charge is 0.444 e. The average molecular weight is 270 g/mol. The molecule has 2 saturated heterocycles. The van der Waals surface area contributed by atoms with Gasteiger partial charge in [0.15, 0.2) is 0 Å². The first-order valence-corrected chi connectivity index (χ1v) is 7.09. The molecule has 2 rings (SSSR count). The molecule has 0 bridgehead atoms. The zero-order valence-corrected chi connectivity index (χ0v) is 12.7. The minimum absolute atomic E-state index is 0.219. The fourth-order valence-corrected chi connectivity index (χ4v) is 2.93. The van der Waals surface area contributed by atoms with Gasteiger partial charge in [-0.1, -0.05) is 13.8 Å². The maximum atomic E-state index is 12.0. The monoisotopic (exact) mass is 270 g/mol. The van der Waals surface area contributed by atoms with Crippen molar-refractivity contribution in [2.75, 3.05) is 26.2 Å². The molecule has 110 valence electrons. The molecule has 1 N–H and O–H groups in total. The second kappa shape index (κ2) is 4.94. The summed E-state index contributed by atoms with van der Waals surface area (Å²) in [6, 6.07) is 0.305. The molecule has 0 saturated carbocycles. The van der Waals surface area contributed by atoms with Crippen LogP contribution in [-0.4, -0.2) is 54.5 Å². The molecule has 1 unspecified atom stereocenters. The van der Waals surface area contributed by atoms with Crippen molar-refractivity contribution in [3.05, 3.63) is 0 Å². The molecule has 0 radical (unpaired) electrons. The normalized spacial score (nSPS) is 26.4. The number of nitrogens with zero attached hydrogens (tertiary/aromatic N) is 1. The smallest absolute Gasteiger partial charge is 0.410 e. The van der Waals surface area contributed by atoms with Crippen molar-refractivity contribution in [3.8, 4) is 0 Å². The lowest BCUT2D eigenvalue weighted by Crippen LogP contribution is -2.76. The number of hydrogen-bond donors (Lipinski definition) is 1. The SMILES string of the molecule is CC(C)C1NCCOC12CN(C(=O)OC(C)(C)C)C2. The second-order valence-corrected chi connectivity index (χ2v) is 6.93. The Morgan fingerprint density at radius 1 is 1.42 bits per heavy atom. The Labute approximate surface area is 115 Å². The summed E-state index contributed by atoms with van der Waals surface area (Å²) < 4.78 is 11.4. The minimum atomic E-state index is -0.442. The van der Waals surface area contributed by atoms with Crippen molar-refractivity contribution >= 4 is 6.09 Å². The van der Waals surface area contributed by atoms with Gasteiger partial charge in [-0.05, 0) is 26.7 Å². The Balaban J connectivity index is 1.94. The number of ether oxygens (including phenoxy) is 2. The highest BCUT2D eigenvalue weighted by atomic mass is 16.6. The maximum Gasteiger partial charge on any atom is 0.410 e. The first kappa shape index (κ1) is 14.6. The standard InChI is InChI=1S/C14H26N2O3/c1-10(2)11-14(18-7-6-15-11)8-16(9-14)12(17)19-13(3,4)5/h10-11,15H,6-9H2,1-5H3. The molecule has 0 aliphatic carbocycles. The van der Waals surface area contributed by atoms with Crippen LogP contribution in [0.15, 0.2) is 0 Å². The van der Waals surface area contributed by atoms with E-state index in [2.05, 4.69) is 19.2 Å². The van der Waals surface area contributed by atoms with Gasteiger partial charge in [0, 0.05) is 12.6 Å². The van der Waals surface area contributed by atoms with Crippen LogP contribution in [0.3, 0.4) is 0 Å². The third-order valence-corrected chi connectivity index (χ3v) is 3.66. The Bertz CT molecular complexity index is 343. The number of likely N-dealkylation sites (tertiary alicyclic amines) is 1. The van der Waals surface area contributed by atoms with Crippen LogP contribution in [0.25, 0.3) is 0 Å². The van der Waals surface area contributed by atoms with Gasteiger partial charge in [-0.3, -0.25) is 0 Å². The summed E-state index contributed by atoms with van der Waals surface area (Å²) in [5.74, 6) is 0.487. The molecule has 0 aromatic heterocycles. The van der Waals surface area contributed by atoms with E-state index < -0.39 is 5.60 Å². The molecular formula is C14H26N2O3. The lowest BCUT2D eigenvalue weighted by atomic mass is 9.79. The minimum Gasteiger partial charge on any atom is -0.444 e. The van der Waals surface area contributed by atoms with Crippen LogP contribution in [0.2, 0.25) is 0 Å². The van der Waals surface area contributed by atoms with Crippen LogP contribution < -0.4 is 5.32 Å². The summed E-state index contributed by atoms with van der Waals surface area (Å²) in [4.78, 5) is 13.7. The van der Waals surface area contributed by atoms with E-state index in [1.165, 1.54) is 0 Å². The van der Waals surface area contributed by atoms with Crippen LogP contribution in [-0.2, 0) is 9.47 Å². The van der Waals surface area contributed by atoms with E-state index >= 15 is 0 Å². The third-order valence-electron chi connectivity index (χ3n) is 3.66. The summed E-state index contributed by atoms with van der Waals surface area (Å²) in [6.07, 6.45) is -0.241. The molecule has 2 aliphatic heterocycles. The molecule has 0 aromatic rings. The number of amides is 1. The molecule has 1 amide bonds. The van der Waals surface area contributed by atoms with Crippen molar-refractivity contribution in [2.24, 2.45) is 5.92 Å². The van der Waals surface area contributed by atoms with Crippen molar-refractivity contribution in [1.29, 1.82) is 0 Å². The van der Waals surface area contributed by atoms with Crippen molar-refractivity contribution in [1.82, 2.24) is 10.2 Å². The summed E-state index contributed by atoms with van der Waals surface area (Å²) >= 11 is 0. The Morgan fingerprint density at radius 2 is 2.05 bits per heavy atom. The molecule has 1 atom stereocenters. The van der Waals surface area contributed by atoms with Gasteiger partial charge < -0.3 is 19.7 Å². The van der Waals surface area contributed by atoms with Crippen molar-refractivity contribution < 1.29 is 14.3 Å². The summed E-state index contributed by atoms with van der Waals surface area (Å²) in [5.41, 5.74) is -0.660. The number of carbonyl (C=O) groups is 1. The summed E-state index contributed by atoms with van der Waals surface area (Å²) in [5, 5.41) is 3.52. The second-order valence-electron chi connectivity index (χ2n) is 6.93. The molecule has 2 fully saturated rings. The lowest BCUT2D eigenvalue weighted by Gasteiger charge is -2.56. The Morgan fingerprint density at radius 3 is 2.58 bits per heavy atom. The molecule has 5 nitrogen and oxygen atoms in total. The highest BCUT2D eigenvalue weighted by Crippen LogP contribution is 2.34. The van der Waals surface area contributed by atoms with Gasteiger partial charge in [-0.25, -0.2) is 4.79 Å². The van der Waals surface area contributed by atoms with E-state index in [9.17, 15) is 4.79 Å². The number of rotatable bonds is 1. The van der Waals surface area contributed by atoms with Gasteiger partial charge in [0.2, 0.25) is 0 Å². The third kappa shape index (κ3) is 3.03.